The molecule has 0 aromatic carbocycles. The third-order valence-electron chi connectivity index (χ3n) is 3.65. The van der Waals surface area contributed by atoms with Crippen molar-refractivity contribution in [3.05, 3.63) is 19.6 Å². The van der Waals surface area contributed by atoms with E-state index in [2.05, 4.69) is 9.98 Å². The molecule has 0 fully saturated rings. The fourth-order valence-electron chi connectivity index (χ4n) is 2.66. The maximum atomic E-state index is 13.4. The Morgan fingerprint density at radius 2 is 0.595 bits per heavy atom. The molecule has 0 saturated heterocycles. The second-order valence-electron chi connectivity index (χ2n) is 6.68. The Morgan fingerprint density at radius 3 is 0.786 bits per heavy atom. The van der Waals surface area contributed by atoms with Gasteiger partial charge in [-0.2, -0.15) is 79.0 Å². The highest BCUT2D eigenvalue weighted by Gasteiger charge is 2.67. The van der Waals surface area contributed by atoms with Crippen molar-refractivity contribution < 1.29 is 79.0 Å². The normalized spacial score (nSPS) is 25.0. The standard InChI is InChI=1S/C14Cl2F18N2S6/c15-7(3(39-11(23,24)25)1(37-9(17,18)19)5(35-7)41-13(29,30)31)8(16)4(40-12(26,27)28)2(38-10(20,21)22)6(36-8)42-14(32,33)34. The third-order valence-corrected chi connectivity index (χ3v) is 10.6. The summed E-state index contributed by atoms with van der Waals surface area (Å²) in [5.41, 5.74) is -34.6. The summed E-state index contributed by atoms with van der Waals surface area (Å²) in [6.07, 6.45) is 0. The lowest BCUT2D eigenvalue weighted by atomic mass is 10.1. The molecule has 242 valence electrons. The van der Waals surface area contributed by atoms with Crippen molar-refractivity contribution in [1.29, 1.82) is 0 Å². The molecule has 0 aliphatic carbocycles. The Bertz CT molecular complexity index is 1100. The van der Waals surface area contributed by atoms with E-state index in [9.17, 15) is 79.0 Å². The minimum Gasteiger partial charge on any atom is -0.244 e. The molecule has 2 atom stereocenters. The molecule has 2 aliphatic heterocycles. The van der Waals surface area contributed by atoms with Gasteiger partial charge in [-0.15, -0.1) is 0 Å². The zero-order chi connectivity index (χ0) is 33.1. The number of alkyl halides is 20. The summed E-state index contributed by atoms with van der Waals surface area (Å²) >= 11 is 1.28. The molecule has 0 aromatic heterocycles. The van der Waals surface area contributed by atoms with Crippen molar-refractivity contribution in [3.63, 3.8) is 0 Å². The van der Waals surface area contributed by atoms with Crippen LogP contribution in [-0.4, -0.2) is 53.1 Å². The molecular formula is C14Cl2F18N2S6. The number of aliphatic imine (C=N–C) groups is 2. The molecule has 2 nitrogen and oxygen atoms in total. The van der Waals surface area contributed by atoms with Crippen molar-refractivity contribution in [3.8, 4) is 0 Å². The Labute approximate surface area is 254 Å². The average molecular weight is 801 g/mol. The summed E-state index contributed by atoms with van der Waals surface area (Å²) in [6.45, 7) is 0. The topological polar surface area (TPSA) is 24.7 Å². The van der Waals surface area contributed by atoms with Gasteiger partial charge >= 0.3 is 33.0 Å². The van der Waals surface area contributed by atoms with Gasteiger partial charge in [-0.1, -0.05) is 23.2 Å². The van der Waals surface area contributed by atoms with E-state index in [-0.39, 0.29) is 0 Å². The summed E-state index contributed by atoms with van der Waals surface area (Å²) in [4.78, 5) is -11.7. The van der Waals surface area contributed by atoms with E-state index in [0.29, 0.717) is 0 Å². The second-order valence-corrected chi connectivity index (χ2v) is 14.2. The highest BCUT2D eigenvalue weighted by atomic mass is 35.5. The van der Waals surface area contributed by atoms with Crippen LogP contribution >= 0.6 is 93.8 Å². The Kier molecular flexibility index (Phi) is 11.1. The average Bonchev–Trinajstić information content (AvgIpc) is 3.03. The molecule has 2 rings (SSSR count). The monoisotopic (exact) mass is 800 g/mol. The van der Waals surface area contributed by atoms with Crippen LogP contribution in [0.4, 0.5) is 79.0 Å². The zero-order valence-corrected chi connectivity index (χ0v) is 24.3. The first-order chi connectivity index (χ1) is 18.3. The SMILES string of the molecule is FC(F)(F)SC1=NC(Cl)(C2(Cl)N=C(SC(F)(F)F)C(SC(F)(F)F)=C2SC(F)(F)F)C(SC(F)(F)F)=C1SC(F)(F)F. The van der Waals surface area contributed by atoms with E-state index in [1.54, 1.807) is 0 Å². The predicted molar refractivity (Wildman–Crippen MR) is 128 cm³/mol. The Balaban J connectivity index is 3.09. The van der Waals surface area contributed by atoms with Gasteiger partial charge in [0, 0.05) is 23.5 Å². The van der Waals surface area contributed by atoms with E-state index in [4.69, 9.17) is 23.2 Å². The molecule has 2 unspecified atom stereocenters. The summed E-state index contributed by atoms with van der Waals surface area (Å²) in [5, 5.41) is -4.22. The van der Waals surface area contributed by atoms with Gasteiger partial charge in [0.2, 0.25) is 10.00 Å². The first-order valence-corrected chi connectivity index (χ1v) is 14.5. The smallest absolute Gasteiger partial charge is 0.244 e. The van der Waals surface area contributed by atoms with Crippen LogP contribution in [0.3, 0.4) is 0 Å². The van der Waals surface area contributed by atoms with Crippen LogP contribution in [0.1, 0.15) is 0 Å². The van der Waals surface area contributed by atoms with E-state index in [0.717, 1.165) is 0 Å². The molecular weight excluding hydrogens is 801 g/mol. The molecule has 0 amide bonds. The van der Waals surface area contributed by atoms with Crippen LogP contribution < -0.4 is 0 Å². The van der Waals surface area contributed by atoms with Crippen LogP contribution in [0, 0.1) is 0 Å². The van der Waals surface area contributed by atoms with Crippen LogP contribution in [0.5, 0.6) is 0 Å². The number of nitrogens with zero attached hydrogens (tertiary/aromatic N) is 2. The summed E-state index contributed by atoms with van der Waals surface area (Å²) in [6, 6.07) is 0. The zero-order valence-electron chi connectivity index (χ0n) is 17.9. The van der Waals surface area contributed by atoms with E-state index >= 15 is 0 Å². The molecule has 2 heterocycles. The fraction of sp³-hybridized carbons (Fsp3) is 0.571. The van der Waals surface area contributed by atoms with Gasteiger partial charge in [0.25, 0.3) is 0 Å². The number of rotatable bonds is 5. The molecule has 0 spiro atoms. The van der Waals surface area contributed by atoms with Gasteiger partial charge in [0.1, 0.15) is 10.1 Å². The molecule has 0 bridgehead atoms. The van der Waals surface area contributed by atoms with Crippen LogP contribution in [-0.2, 0) is 0 Å². The molecule has 42 heavy (non-hydrogen) atoms. The van der Waals surface area contributed by atoms with Gasteiger partial charge < -0.3 is 0 Å². The van der Waals surface area contributed by atoms with Crippen molar-refractivity contribution in [1.82, 2.24) is 0 Å². The lowest BCUT2D eigenvalue weighted by Crippen LogP contribution is -2.44. The highest BCUT2D eigenvalue weighted by molar-refractivity contribution is 8.19. The lowest BCUT2D eigenvalue weighted by Gasteiger charge is -2.36. The van der Waals surface area contributed by atoms with Crippen molar-refractivity contribution in [2.24, 2.45) is 9.98 Å². The number of halogens is 20. The van der Waals surface area contributed by atoms with Crippen molar-refractivity contribution in [2.75, 3.05) is 0 Å². The van der Waals surface area contributed by atoms with Crippen molar-refractivity contribution >= 4 is 104 Å². The minimum absolute atomic E-state index is 1.68. The van der Waals surface area contributed by atoms with Gasteiger partial charge in [-0.05, 0) is 47.0 Å². The summed E-state index contributed by atoms with van der Waals surface area (Å²) < 4.78 is 238. The largest absolute Gasteiger partial charge is 0.447 e. The highest BCUT2D eigenvalue weighted by Crippen LogP contribution is 2.67. The van der Waals surface area contributed by atoms with E-state index < -0.39 is 143 Å². The molecule has 28 heteroatoms. The Morgan fingerprint density at radius 1 is 0.381 bits per heavy atom. The van der Waals surface area contributed by atoms with Crippen LogP contribution in [0.2, 0.25) is 0 Å². The molecule has 0 saturated carbocycles. The maximum Gasteiger partial charge on any atom is 0.447 e. The van der Waals surface area contributed by atoms with Gasteiger partial charge in [-0.25, -0.2) is 9.98 Å². The molecule has 0 N–H and O–H groups in total. The van der Waals surface area contributed by atoms with E-state index in [1.165, 1.54) is 0 Å². The van der Waals surface area contributed by atoms with E-state index in [1.807, 2.05) is 0 Å². The van der Waals surface area contributed by atoms with Crippen LogP contribution in [0.15, 0.2) is 29.6 Å². The van der Waals surface area contributed by atoms with Gasteiger partial charge in [0.15, 0.2) is 0 Å². The number of hydrogen-bond acceptors (Lipinski definition) is 8. The van der Waals surface area contributed by atoms with Crippen molar-refractivity contribution in [2.45, 2.75) is 43.0 Å². The number of thioether (sulfide) groups is 6. The first-order valence-electron chi connectivity index (χ1n) is 8.87. The second kappa shape index (κ2) is 12.1. The van der Waals surface area contributed by atoms with Crippen LogP contribution in [0.25, 0.3) is 0 Å². The summed E-state index contributed by atoms with van der Waals surface area (Å²) in [7, 11) is 0. The lowest BCUT2D eigenvalue weighted by molar-refractivity contribution is -0.0337. The third kappa shape index (κ3) is 10.4. The molecule has 2 aliphatic rings. The maximum absolute atomic E-state index is 13.4. The van der Waals surface area contributed by atoms with Gasteiger partial charge in [0.05, 0.1) is 19.6 Å². The Hall–Kier alpha value is 0.240. The summed E-state index contributed by atoms with van der Waals surface area (Å²) in [5.74, 6) is 0. The predicted octanol–water partition coefficient (Wildman–Crippen LogP) is 11.6. The number of hydrogen-bond donors (Lipinski definition) is 0. The minimum atomic E-state index is -5.84. The molecule has 0 aromatic rings. The quantitative estimate of drug-likeness (QED) is 0.156. The first kappa shape index (κ1) is 38.4. The van der Waals surface area contributed by atoms with Gasteiger partial charge in [-0.3, -0.25) is 0 Å². The fourth-order valence-corrected chi connectivity index (χ4v) is 8.87. The molecule has 0 radical (unpaired) electrons.